The molecule has 1 spiro atoms. The molecule has 1 N–H and O–H groups in total. The van der Waals surface area contributed by atoms with Crippen LogP contribution in [0.5, 0.6) is 0 Å². The van der Waals surface area contributed by atoms with E-state index in [2.05, 4.69) is 16.8 Å². The van der Waals surface area contributed by atoms with E-state index >= 15 is 4.39 Å². The largest absolute Gasteiger partial charge is 0.391 e. The normalized spacial score (nSPS) is 24.5. The lowest BCUT2D eigenvalue weighted by molar-refractivity contribution is -0.148. The summed E-state index contributed by atoms with van der Waals surface area (Å²) in [6.45, 7) is 9.12. The average Bonchev–Trinajstić information content (AvgIpc) is 3.78. The minimum absolute atomic E-state index is 0.0898. The van der Waals surface area contributed by atoms with Crippen molar-refractivity contribution in [3.05, 3.63) is 53.6 Å². The fourth-order valence-electron chi connectivity index (χ4n) is 7.61. The van der Waals surface area contributed by atoms with Gasteiger partial charge in [0, 0.05) is 25.1 Å². The summed E-state index contributed by atoms with van der Waals surface area (Å²) in [5.41, 5.74) is -0.168. The summed E-state index contributed by atoms with van der Waals surface area (Å²) in [6.07, 6.45) is 5.07. The van der Waals surface area contributed by atoms with Gasteiger partial charge in [-0.05, 0) is 81.5 Å². The Hall–Kier alpha value is -3.84. The SMILES string of the molecule is CCCCC1=N[C@]2(CCCN(C(=O)C3(F)CCCC3)C2)C(=O)N1Cc1ccc(-c2ccccc2S(=O)(=O)NC2=NOC(C)C2C)c(COCC)c1. The standard InChI is InChI=1S/C38H50FN5O6S/c1-5-7-15-33-40-38(20-12-21-43(25-38)35(45)37(39)18-10-11-19-37)36(46)44(33)23-28-16-17-30(29(22-28)24-49-6-2)31-13-8-9-14-32(31)51(47,48)42-34-26(3)27(4)50-41-34/h8-9,13-14,16-17,22,26-27H,5-7,10-12,15,18-21,23-25H2,1-4H3,(H,41,42)/t26?,27?,38-/m0/s1. The zero-order valence-electron chi connectivity index (χ0n) is 30.1. The highest BCUT2D eigenvalue weighted by Crippen LogP contribution is 2.40. The van der Waals surface area contributed by atoms with E-state index in [1.807, 2.05) is 39.0 Å². The quantitative estimate of drug-likeness (QED) is 0.281. The van der Waals surface area contributed by atoms with Crippen molar-refractivity contribution in [1.82, 2.24) is 14.5 Å². The molecule has 2 fully saturated rings. The van der Waals surface area contributed by atoms with Crippen LogP contribution in [0.4, 0.5) is 4.39 Å². The fraction of sp³-hybridized carbons (Fsp3) is 0.579. The number of amidine groups is 2. The first-order valence-corrected chi connectivity index (χ1v) is 19.8. The molecule has 3 atom stereocenters. The van der Waals surface area contributed by atoms with E-state index in [9.17, 15) is 18.0 Å². The van der Waals surface area contributed by atoms with Crippen LogP contribution in [0.3, 0.4) is 0 Å². The third-order valence-electron chi connectivity index (χ3n) is 10.7. The summed E-state index contributed by atoms with van der Waals surface area (Å²) in [5, 5.41) is 3.95. The van der Waals surface area contributed by atoms with E-state index in [1.54, 1.807) is 34.1 Å². The number of rotatable bonds is 12. The van der Waals surface area contributed by atoms with Gasteiger partial charge in [-0.3, -0.25) is 24.2 Å². The third-order valence-corrected chi connectivity index (χ3v) is 12.1. The molecule has 276 valence electrons. The number of hydrogen-bond donors (Lipinski definition) is 1. The number of halogens is 1. The van der Waals surface area contributed by atoms with Crippen molar-refractivity contribution in [3.8, 4) is 11.1 Å². The minimum Gasteiger partial charge on any atom is -0.391 e. The van der Waals surface area contributed by atoms with Crippen molar-refractivity contribution < 1.29 is 32.0 Å². The third kappa shape index (κ3) is 7.42. The molecule has 3 heterocycles. The van der Waals surface area contributed by atoms with Crippen LogP contribution in [-0.4, -0.2) is 78.7 Å². The van der Waals surface area contributed by atoms with Gasteiger partial charge >= 0.3 is 0 Å². The molecule has 1 saturated heterocycles. The maximum atomic E-state index is 15.6. The Morgan fingerprint density at radius 3 is 2.55 bits per heavy atom. The zero-order chi connectivity index (χ0) is 36.4. The molecule has 11 nitrogen and oxygen atoms in total. The van der Waals surface area contributed by atoms with Crippen LogP contribution >= 0.6 is 0 Å². The molecule has 0 radical (unpaired) electrons. The number of carbonyl (C=O) groups excluding carboxylic acids is 2. The molecule has 2 aromatic carbocycles. The van der Waals surface area contributed by atoms with Crippen LogP contribution in [0.15, 0.2) is 57.5 Å². The number of benzene rings is 2. The molecule has 2 aromatic rings. The molecule has 51 heavy (non-hydrogen) atoms. The molecule has 1 aliphatic carbocycles. The number of nitrogens with one attached hydrogen (secondary N) is 1. The Bertz CT molecular complexity index is 1810. The highest BCUT2D eigenvalue weighted by atomic mass is 32.2. The summed E-state index contributed by atoms with van der Waals surface area (Å²) in [5.74, 6) is 0.0580. The smallest absolute Gasteiger partial charge is 0.263 e. The van der Waals surface area contributed by atoms with Crippen molar-refractivity contribution >= 4 is 33.5 Å². The molecule has 0 bridgehead atoms. The van der Waals surface area contributed by atoms with E-state index in [0.717, 1.165) is 24.0 Å². The van der Waals surface area contributed by atoms with E-state index in [4.69, 9.17) is 14.6 Å². The number of alkyl halides is 1. The second kappa shape index (κ2) is 15.0. The summed E-state index contributed by atoms with van der Waals surface area (Å²) in [4.78, 5) is 41.5. The Kier molecular flexibility index (Phi) is 10.9. The minimum atomic E-state index is -4.03. The van der Waals surface area contributed by atoms with Crippen molar-refractivity contribution in [1.29, 1.82) is 0 Å². The van der Waals surface area contributed by atoms with Crippen LogP contribution in [0.2, 0.25) is 0 Å². The van der Waals surface area contributed by atoms with Gasteiger partial charge in [0.15, 0.2) is 17.0 Å². The number of ether oxygens (including phenoxy) is 1. The second-order valence-electron chi connectivity index (χ2n) is 14.4. The number of unbranched alkanes of at least 4 members (excludes halogenated alkanes) is 1. The molecule has 3 aliphatic heterocycles. The van der Waals surface area contributed by atoms with Crippen molar-refractivity contribution in [2.45, 2.75) is 121 Å². The van der Waals surface area contributed by atoms with Crippen LogP contribution < -0.4 is 4.72 Å². The summed E-state index contributed by atoms with van der Waals surface area (Å²) in [7, 11) is -4.03. The average molecular weight is 724 g/mol. The van der Waals surface area contributed by atoms with Gasteiger partial charge in [0.1, 0.15) is 11.9 Å². The van der Waals surface area contributed by atoms with E-state index in [1.165, 1.54) is 0 Å². The topological polar surface area (TPSA) is 130 Å². The van der Waals surface area contributed by atoms with Crippen LogP contribution in [0.25, 0.3) is 11.1 Å². The summed E-state index contributed by atoms with van der Waals surface area (Å²) in [6, 6.07) is 12.5. The lowest BCUT2D eigenvalue weighted by atomic mass is 9.87. The molecular weight excluding hydrogens is 674 g/mol. The number of hydrogen-bond acceptors (Lipinski definition) is 8. The van der Waals surface area contributed by atoms with Gasteiger partial charge in [-0.25, -0.2) is 12.8 Å². The Labute approximate surface area is 300 Å². The number of oxime groups is 1. The number of aliphatic imine (C=N–C) groups is 1. The lowest BCUT2D eigenvalue weighted by Gasteiger charge is -2.39. The maximum absolute atomic E-state index is 15.6. The molecule has 2 unspecified atom stereocenters. The first kappa shape index (κ1) is 36.9. The van der Waals surface area contributed by atoms with Gasteiger partial charge < -0.3 is 14.5 Å². The highest BCUT2D eigenvalue weighted by Gasteiger charge is 2.53. The number of likely N-dealkylation sites (tertiary alicyclic amines) is 1. The molecule has 13 heteroatoms. The van der Waals surface area contributed by atoms with Crippen LogP contribution in [0.1, 0.15) is 96.6 Å². The molecular formula is C38H50FN5O6S. The van der Waals surface area contributed by atoms with E-state index in [0.29, 0.717) is 62.2 Å². The zero-order valence-corrected chi connectivity index (χ0v) is 30.9. The first-order chi connectivity index (χ1) is 24.4. The number of sulfonamides is 1. The van der Waals surface area contributed by atoms with E-state index in [-0.39, 0.29) is 61.2 Å². The Morgan fingerprint density at radius 2 is 1.84 bits per heavy atom. The molecule has 0 aromatic heterocycles. The van der Waals surface area contributed by atoms with Gasteiger partial charge in [0.2, 0.25) is 0 Å². The Morgan fingerprint density at radius 1 is 1.08 bits per heavy atom. The van der Waals surface area contributed by atoms with Gasteiger partial charge in [0.25, 0.3) is 21.8 Å². The summed E-state index contributed by atoms with van der Waals surface area (Å²) < 4.78 is 51.6. The summed E-state index contributed by atoms with van der Waals surface area (Å²) >= 11 is 0. The monoisotopic (exact) mass is 723 g/mol. The van der Waals surface area contributed by atoms with Gasteiger partial charge in [-0.2, -0.15) is 0 Å². The van der Waals surface area contributed by atoms with Gasteiger partial charge in [-0.15, -0.1) is 0 Å². The first-order valence-electron chi connectivity index (χ1n) is 18.4. The molecule has 1 saturated carbocycles. The van der Waals surface area contributed by atoms with Gasteiger partial charge in [-0.1, -0.05) is 61.8 Å². The lowest BCUT2D eigenvalue weighted by Crippen LogP contribution is -2.57. The number of nitrogens with zero attached hydrogens (tertiary/aromatic N) is 4. The Balaban J connectivity index is 1.29. The van der Waals surface area contributed by atoms with Crippen molar-refractivity contribution in [3.63, 3.8) is 0 Å². The molecule has 6 rings (SSSR count). The maximum Gasteiger partial charge on any atom is 0.263 e. The van der Waals surface area contributed by atoms with Crippen LogP contribution in [0, 0.1) is 5.92 Å². The number of piperidine rings is 1. The second-order valence-corrected chi connectivity index (χ2v) is 16.0. The van der Waals surface area contributed by atoms with E-state index < -0.39 is 27.1 Å². The van der Waals surface area contributed by atoms with Crippen molar-refractivity contribution in [2.24, 2.45) is 16.1 Å². The number of carbonyl (C=O) groups is 2. The fourth-order valence-corrected chi connectivity index (χ4v) is 8.94. The van der Waals surface area contributed by atoms with Gasteiger partial charge in [0.05, 0.1) is 30.5 Å². The van der Waals surface area contributed by atoms with Crippen molar-refractivity contribution in [2.75, 3.05) is 19.7 Å². The molecule has 4 aliphatic rings. The van der Waals surface area contributed by atoms with Crippen LogP contribution in [-0.2, 0) is 42.3 Å². The predicted octanol–water partition coefficient (Wildman–Crippen LogP) is 6.11. The number of amides is 2. The predicted molar refractivity (Wildman–Crippen MR) is 193 cm³/mol. The highest BCUT2D eigenvalue weighted by molar-refractivity contribution is 7.90. The molecule has 2 amide bonds.